The van der Waals surface area contributed by atoms with Crippen LogP contribution in [0, 0.1) is 0 Å². The van der Waals surface area contributed by atoms with Gasteiger partial charge in [-0.3, -0.25) is 4.79 Å². The van der Waals surface area contributed by atoms with Crippen LogP contribution in [0.5, 0.6) is 0 Å². The summed E-state index contributed by atoms with van der Waals surface area (Å²) in [6, 6.07) is 2.97. The van der Waals surface area contributed by atoms with E-state index in [4.69, 9.17) is 20.4 Å². The maximum Gasteiger partial charge on any atom is 0.334 e. The van der Waals surface area contributed by atoms with Gasteiger partial charge >= 0.3 is 5.97 Å². The Morgan fingerprint density at radius 1 is 1.50 bits per heavy atom. The Morgan fingerprint density at radius 3 is 2.69 bits per heavy atom. The van der Waals surface area contributed by atoms with Gasteiger partial charge in [-0.15, -0.1) is 0 Å². The van der Waals surface area contributed by atoms with Crippen LogP contribution in [0.1, 0.15) is 16.3 Å². The Balaban J connectivity index is 2.49. The Bertz CT molecular complexity index is 387. The first-order chi connectivity index (χ1) is 7.54. The number of furan rings is 1. The van der Waals surface area contributed by atoms with Gasteiger partial charge in [-0.05, 0) is 12.1 Å². The predicted molar refractivity (Wildman–Crippen MR) is 52.6 cm³/mol. The molecule has 1 unspecified atom stereocenters. The standard InChI is InChI=1S/C9H12N2O5/c10-3-5-1-2-7(16-5)8(13)11-4-6(12)9(14)15/h1-2,6,12H,3-4,10H2,(H,11,13)(H,14,15). The van der Waals surface area contributed by atoms with Crippen molar-refractivity contribution >= 4 is 11.9 Å². The number of carboxylic acids is 1. The van der Waals surface area contributed by atoms with Gasteiger partial charge in [0.2, 0.25) is 0 Å². The number of hydrogen-bond donors (Lipinski definition) is 4. The van der Waals surface area contributed by atoms with E-state index in [2.05, 4.69) is 5.32 Å². The number of rotatable bonds is 5. The zero-order valence-electron chi connectivity index (χ0n) is 8.34. The molecule has 0 radical (unpaired) electrons. The first-order valence-corrected chi connectivity index (χ1v) is 4.52. The molecular formula is C9H12N2O5. The third-order valence-electron chi connectivity index (χ3n) is 1.83. The molecule has 16 heavy (non-hydrogen) atoms. The summed E-state index contributed by atoms with van der Waals surface area (Å²) in [7, 11) is 0. The van der Waals surface area contributed by atoms with E-state index >= 15 is 0 Å². The first kappa shape index (κ1) is 12.2. The first-order valence-electron chi connectivity index (χ1n) is 4.52. The summed E-state index contributed by atoms with van der Waals surface area (Å²) < 4.78 is 5.02. The second-order valence-electron chi connectivity index (χ2n) is 3.03. The molecular weight excluding hydrogens is 216 g/mol. The van der Waals surface area contributed by atoms with Crippen molar-refractivity contribution in [2.45, 2.75) is 12.6 Å². The third-order valence-corrected chi connectivity index (χ3v) is 1.83. The van der Waals surface area contributed by atoms with Gasteiger partial charge in [0.25, 0.3) is 5.91 Å². The molecule has 0 saturated heterocycles. The van der Waals surface area contributed by atoms with Gasteiger partial charge in [-0.1, -0.05) is 0 Å². The molecule has 0 spiro atoms. The number of nitrogens with one attached hydrogen (secondary N) is 1. The second-order valence-corrected chi connectivity index (χ2v) is 3.03. The number of hydrogen-bond acceptors (Lipinski definition) is 5. The van der Waals surface area contributed by atoms with E-state index in [1.165, 1.54) is 6.07 Å². The molecule has 1 rings (SSSR count). The summed E-state index contributed by atoms with van der Waals surface area (Å²) in [5, 5.41) is 19.5. The highest BCUT2D eigenvalue weighted by Crippen LogP contribution is 2.06. The molecule has 1 aromatic rings. The lowest BCUT2D eigenvalue weighted by Crippen LogP contribution is -2.36. The lowest BCUT2D eigenvalue weighted by molar-refractivity contribution is -0.146. The Morgan fingerprint density at radius 2 is 2.19 bits per heavy atom. The highest BCUT2D eigenvalue weighted by atomic mass is 16.4. The summed E-state index contributed by atoms with van der Waals surface area (Å²) in [5.41, 5.74) is 5.28. The molecule has 0 aliphatic carbocycles. The van der Waals surface area contributed by atoms with Crippen molar-refractivity contribution in [3.8, 4) is 0 Å². The van der Waals surface area contributed by atoms with Crippen LogP contribution in [0.4, 0.5) is 0 Å². The molecule has 1 heterocycles. The number of aliphatic carboxylic acids is 1. The summed E-state index contributed by atoms with van der Waals surface area (Å²) in [6.07, 6.45) is -1.63. The van der Waals surface area contributed by atoms with E-state index in [1.807, 2.05) is 0 Å². The van der Waals surface area contributed by atoms with Gasteiger partial charge in [-0.2, -0.15) is 0 Å². The highest BCUT2D eigenvalue weighted by Gasteiger charge is 2.16. The minimum absolute atomic E-state index is 0.0260. The van der Waals surface area contributed by atoms with E-state index < -0.39 is 18.0 Å². The Kier molecular flexibility index (Phi) is 4.03. The minimum Gasteiger partial charge on any atom is -0.479 e. The lowest BCUT2D eigenvalue weighted by atomic mass is 10.3. The largest absolute Gasteiger partial charge is 0.479 e. The summed E-state index contributed by atoms with van der Waals surface area (Å²) >= 11 is 0. The van der Waals surface area contributed by atoms with Crippen molar-refractivity contribution in [1.29, 1.82) is 0 Å². The Hall–Kier alpha value is -1.86. The van der Waals surface area contributed by atoms with Crippen molar-refractivity contribution < 1.29 is 24.2 Å². The predicted octanol–water partition coefficient (Wildman–Crippen LogP) is -1.09. The van der Waals surface area contributed by atoms with Crippen molar-refractivity contribution in [2.75, 3.05) is 6.54 Å². The molecule has 1 aromatic heterocycles. The number of amides is 1. The second kappa shape index (κ2) is 5.29. The molecule has 7 heteroatoms. The fourth-order valence-electron chi connectivity index (χ4n) is 0.973. The maximum atomic E-state index is 11.4. The molecule has 7 nitrogen and oxygen atoms in total. The fourth-order valence-corrected chi connectivity index (χ4v) is 0.973. The molecule has 0 fully saturated rings. The number of aliphatic hydroxyl groups excluding tert-OH is 1. The van der Waals surface area contributed by atoms with Crippen LogP contribution in [-0.4, -0.2) is 34.7 Å². The number of carboxylic acid groups (broad SMARTS) is 1. The van der Waals surface area contributed by atoms with Gasteiger partial charge in [0.1, 0.15) is 5.76 Å². The van der Waals surface area contributed by atoms with Crippen LogP contribution < -0.4 is 11.1 Å². The summed E-state index contributed by atoms with van der Waals surface area (Å²) in [4.78, 5) is 21.6. The molecule has 1 atom stereocenters. The van der Waals surface area contributed by atoms with E-state index in [1.54, 1.807) is 6.07 Å². The summed E-state index contributed by atoms with van der Waals surface area (Å²) in [5.74, 6) is -1.52. The minimum atomic E-state index is -1.63. The summed E-state index contributed by atoms with van der Waals surface area (Å²) in [6.45, 7) is -0.210. The SMILES string of the molecule is NCc1ccc(C(=O)NCC(O)C(=O)O)o1. The molecule has 0 aliphatic heterocycles. The molecule has 1 amide bonds. The third kappa shape index (κ3) is 3.07. The molecule has 0 saturated carbocycles. The van der Waals surface area contributed by atoms with Crippen LogP contribution in [0.25, 0.3) is 0 Å². The number of carbonyl (C=O) groups excluding carboxylic acids is 1. The Labute approximate surface area is 90.9 Å². The molecule has 88 valence electrons. The number of aliphatic hydroxyl groups is 1. The van der Waals surface area contributed by atoms with E-state index in [9.17, 15) is 9.59 Å². The van der Waals surface area contributed by atoms with Crippen molar-refractivity contribution in [2.24, 2.45) is 5.73 Å². The highest BCUT2D eigenvalue weighted by molar-refractivity contribution is 5.91. The van der Waals surface area contributed by atoms with Crippen LogP contribution in [-0.2, 0) is 11.3 Å². The average molecular weight is 228 g/mol. The fraction of sp³-hybridized carbons (Fsp3) is 0.333. The van der Waals surface area contributed by atoms with Crippen LogP contribution in [0.3, 0.4) is 0 Å². The normalized spacial score (nSPS) is 12.1. The van der Waals surface area contributed by atoms with Crippen LogP contribution in [0.2, 0.25) is 0 Å². The van der Waals surface area contributed by atoms with Gasteiger partial charge in [0, 0.05) is 0 Å². The van der Waals surface area contributed by atoms with Crippen LogP contribution >= 0.6 is 0 Å². The molecule has 0 aromatic carbocycles. The lowest BCUT2D eigenvalue weighted by Gasteiger charge is -2.05. The maximum absolute atomic E-state index is 11.4. The van der Waals surface area contributed by atoms with E-state index in [0.29, 0.717) is 5.76 Å². The number of carbonyl (C=O) groups is 2. The molecule has 0 bridgehead atoms. The smallest absolute Gasteiger partial charge is 0.334 e. The number of nitrogens with two attached hydrogens (primary N) is 1. The van der Waals surface area contributed by atoms with Gasteiger partial charge in [0.15, 0.2) is 11.9 Å². The zero-order chi connectivity index (χ0) is 12.1. The van der Waals surface area contributed by atoms with Crippen molar-refractivity contribution in [3.63, 3.8) is 0 Å². The molecule has 5 N–H and O–H groups in total. The monoisotopic (exact) mass is 228 g/mol. The van der Waals surface area contributed by atoms with Crippen molar-refractivity contribution in [3.05, 3.63) is 23.7 Å². The van der Waals surface area contributed by atoms with Gasteiger partial charge in [0.05, 0.1) is 13.1 Å². The van der Waals surface area contributed by atoms with Gasteiger partial charge < -0.3 is 25.7 Å². The molecule has 0 aliphatic rings. The van der Waals surface area contributed by atoms with Gasteiger partial charge in [-0.25, -0.2) is 4.79 Å². The van der Waals surface area contributed by atoms with Crippen molar-refractivity contribution in [1.82, 2.24) is 5.32 Å². The quantitative estimate of drug-likeness (QED) is 0.507. The van der Waals surface area contributed by atoms with E-state index in [-0.39, 0.29) is 18.8 Å². The average Bonchev–Trinajstić information content (AvgIpc) is 2.73. The topological polar surface area (TPSA) is 126 Å². The zero-order valence-corrected chi connectivity index (χ0v) is 8.34. The van der Waals surface area contributed by atoms with Crippen LogP contribution in [0.15, 0.2) is 16.5 Å². The van der Waals surface area contributed by atoms with E-state index in [0.717, 1.165) is 0 Å².